The molecule has 0 aromatic heterocycles. The Balaban J connectivity index is 1.27. The smallest absolute Gasteiger partial charge is 0.253 e. The van der Waals surface area contributed by atoms with Crippen LogP contribution in [0.25, 0.3) is 0 Å². The maximum Gasteiger partial charge on any atom is 0.253 e. The standard InChI is InChI=1S/C23H29N3O4/c1-15-3-2-4-18(13-15)25-23(29)17-7-5-16(6-8-17)14-24-19-20(22(28)21(19)27)26-9-11-30-12-10-26/h2-4,13,16-17,24H,5-12,14H2,1H3,(H,25,29). The van der Waals surface area contributed by atoms with Crippen LogP contribution in [0.3, 0.4) is 0 Å². The summed E-state index contributed by atoms with van der Waals surface area (Å²) < 4.78 is 5.33. The van der Waals surface area contributed by atoms with Gasteiger partial charge in [-0.15, -0.1) is 0 Å². The van der Waals surface area contributed by atoms with Crippen molar-refractivity contribution in [2.24, 2.45) is 11.8 Å². The maximum absolute atomic E-state index is 12.6. The van der Waals surface area contributed by atoms with E-state index in [-0.39, 0.29) is 11.8 Å². The largest absolute Gasteiger partial charge is 0.380 e. The zero-order valence-corrected chi connectivity index (χ0v) is 17.4. The molecule has 160 valence electrons. The highest BCUT2D eigenvalue weighted by molar-refractivity contribution is 5.92. The van der Waals surface area contributed by atoms with Gasteiger partial charge in [-0.2, -0.15) is 0 Å². The summed E-state index contributed by atoms with van der Waals surface area (Å²) in [5.74, 6) is 0.510. The van der Waals surface area contributed by atoms with E-state index >= 15 is 0 Å². The molecule has 1 amide bonds. The number of anilines is 3. The number of hydrogen-bond donors (Lipinski definition) is 2. The highest BCUT2D eigenvalue weighted by Crippen LogP contribution is 2.31. The molecule has 4 rings (SSSR count). The third-order valence-electron chi connectivity index (χ3n) is 6.28. The Morgan fingerprint density at radius 3 is 2.53 bits per heavy atom. The Labute approximate surface area is 176 Å². The maximum atomic E-state index is 12.6. The van der Waals surface area contributed by atoms with E-state index < -0.39 is 10.9 Å². The quantitative estimate of drug-likeness (QED) is 0.709. The van der Waals surface area contributed by atoms with Gasteiger partial charge in [0.15, 0.2) is 0 Å². The van der Waals surface area contributed by atoms with Gasteiger partial charge in [-0.05, 0) is 56.2 Å². The molecule has 2 aromatic carbocycles. The molecule has 1 saturated carbocycles. The minimum Gasteiger partial charge on any atom is -0.380 e. The molecule has 7 heteroatoms. The second kappa shape index (κ2) is 9.00. The van der Waals surface area contributed by atoms with Gasteiger partial charge in [-0.1, -0.05) is 12.1 Å². The topological polar surface area (TPSA) is 87.7 Å². The molecule has 1 heterocycles. The van der Waals surface area contributed by atoms with E-state index in [0.717, 1.165) is 36.9 Å². The van der Waals surface area contributed by atoms with Gasteiger partial charge in [0.1, 0.15) is 11.4 Å². The molecule has 2 aliphatic rings. The highest BCUT2D eigenvalue weighted by atomic mass is 16.5. The van der Waals surface area contributed by atoms with E-state index in [2.05, 4.69) is 10.6 Å². The highest BCUT2D eigenvalue weighted by Gasteiger charge is 2.29. The molecule has 0 atom stereocenters. The van der Waals surface area contributed by atoms with Gasteiger partial charge in [0.05, 0.1) is 13.2 Å². The van der Waals surface area contributed by atoms with Gasteiger partial charge in [0, 0.05) is 31.2 Å². The molecule has 1 aliphatic carbocycles. The van der Waals surface area contributed by atoms with Crippen molar-refractivity contribution in [3.8, 4) is 0 Å². The first kappa shape index (κ1) is 20.6. The number of morpholine rings is 1. The summed E-state index contributed by atoms with van der Waals surface area (Å²) in [5, 5.41) is 6.26. The van der Waals surface area contributed by atoms with Crippen molar-refractivity contribution in [1.82, 2.24) is 0 Å². The van der Waals surface area contributed by atoms with Crippen molar-refractivity contribution in [3.05, 3.63) is 50.3 Å². The number of benzene rings is 1. The summed E-state index contributed by atoms with van der Waals surface area (Å²) in [5.41, 5.74) is 2.14. The zero-order chi connectivity index (χ0) is 21.1. The fraction of sp³-hybridized carbons (Fsp3) is 0.522. The minimum absolute atomic E-state index is 0.0248. The summed E-state index contributed by atoms with van der Waals surface area (Å²) in [4.78, 5) is 38.6. The summed E-state index contributed by atoms with van der Waals surface area (Å²) in [6, 6.07) is 7.84. The van der Waals surface area contributed by atoms with E-state index in [0.29, 0.717) is 50.1 Å². The van der Waals surface area contributed by atoms with Crippen LogP contribution in [-0.4, -0.2) is 38.8 Å². The molecular formula is C23H29N3O4. The van der Waals surface area contributed by atoms with Crippen molar-refractivity contribution >= 4 is 23.0 Å². The lowest BCUT2D eigenvalue weighted by Crippen LogP contribution is -2.47. The third-order valence-corrected chi connectivity index (χ3v) is 6.28. The molecular weight excluding hydrogens is 382 g/mol. The molecule has 0 radical (unpaired) electrons. The number of aryl methyl sites for hydroxylation is 1. The summed E-state index contributed by atoms with van der Waals surface area (Å²) >= 11 is 0. The lowest BCUT2D eigenvalue weighted by Gasteiger charge is -2.32. The fourth-order valence-electron chi connectivity index (χ4n) is 4.47. The van der Waals surface area contributed by atoms with Crippen molar-refractivity contribution in [2.45, 2.75) is 32.6 Å². The fourth-order valence-corrected chi connectivity index (χ4v) is 4.47. The van der Waals surface area contributed by atoms with E-state index in [1.165, 1.54) is 0 Å². The molecule has 0 bridgehead atoms. The first-order valence-electron chi connectivity index (χ1n) is 10.8. The summed E-state index contributed by atoms with van der Waals surface area (Å²) in [7, 11) is 0. The van der Waals surface area contributed by atoms with Gasteiger partial charge < -0.3 is 20.3 Å². The molecule has 1 saturated heterocycles. The number of carbonyl (C=O) groups is 1. The molecule has 0 spiro atoms. The van der Waals surface area contributed by atoms with Crippen LogP contribution in [0, 0.1) is 18.8 Å². The normalized spacial score (nSPS) is 22.1. The Morgan fingerprint density at radius 2 is 1.83 bits per heavy atom. The average molecular weight is 412 g/mol. The number of carbonyl (C=O) groups excluding carboxylic acids is 1. The van der Waals surface area contributed by atoms with Crippen LogP contribution in [0.15, 0.2) is 33.9 Å². The molecule has 2 aromatic rings. The predicted octanol–water partition coefficient (Wildman–Crippen LogP) is 2.28. The molecule has 2 N–H and O–H groups in total. The van der Waals surface area contributed by atoms with Crippen LogP contribution >= 0.6 is 0 Å². The Kier molecular flexibility index (Phi) is 6.18. The Morgan fingerprint density at radius 1 is 1.10 bits per heavy atom. The van der Waals surface area contributed by atoms with Crippen LogP contribution in [0.5, 0.6) is 0 Å². The van der Waals surface area contributed by atoms with Gasteiger partial charge >= 0.3 is 0 Å². The van der Waals surface area contributed by atoms with Crippen LogP contribution in [-0.2, 0) is 9.53 Å². The van der Waals surface area contributed by atoms with E-state index in [4.69, 9.17) is 4.74 Å². The number of nitrogens with one attached hydrogen (secondary N) is 2. The van der Waals surface area contributed by atoms with Gasteiger partial charge in [-0.25, -0.2) is 0 Å². The Hall–Kier alpha value is -2.67. The van der Waals surface area contributed by atoms with Gasteiger partial charge in [0.25, 0.3) is 10.9 Å². The minimum atomic E-state index is -0.414. The monoisotopic (exact) mass is 411 g/mol. The van der Waals surface area contributed by atoms with Crippen LogP contribution in [0.4, 0.5) is 17.1 Å². The Bertz CT molecular complexity index is 965. The number of ether oxygens (including phenoxy) is 1. The van der Waals surface area contributed by atoms with Crippen LogP contribution in [0.1, 0.15) is 31.2 Å². The van der Waals surface area contributed by atoms with Crippen LogP contribution in [0.2, 0.25) is 0 Å². The second-order valence-corrected chi connectivity index (χ2v) is 8.44. The molecule has 1 aliphatic heterocycles. The number of hydrogen-bond acceptors (Lipinski definition) is 6. The number of amides is 1. The predicted molar refractivity (Wildman–Crippen MR) is 118 cm³/mol. The van der Waals surface area contributed by atoms with Gasteiger partial charge in [0.2, 0.25) is 5.91 Å². The third kappa shape index (κ3) is 4.41. The molecule has 7 nitrogen and oxygen atoms in total. The number of rotatable bonds is 6. The first-order chi connectivity index (χ1) is 14.5. The van der Waals surface area contributed by atoms with Crippen molar-refractivity contribution in [2.75, 3.05) is 48.4 Å². The van der Waals surface area contributed by atoms with Crippen LogP contribution < -0.4 is 26.4 Å². The lowest BCUT2D eigenvalue weighted by atomic mass is 9.81. The van der Waals surface area contributed by atoms with Crippen molar-refractivity contribution in [1.29, 1.82) is 0 Å². The second-order valence-electron chi connectivity index (χ2n) is 8.44. The van der Waals surface area contributed by atoms with E-state index in [1.54, 1.807) is 0 Å². The zero-order valence-electron chi connectivity index (χ0n) is 17.4. The summed E-state index contributed by atoms with van der Waals surface area (Å²) in [6.07, 6.45) is 3.54. The number of nitrogens with zero attached hydrogens (tertiary/aromatic N) is 1. The molecule has 0 unspecified atom stereocenters. The van der Waals surface area contributed by atoms with E-state index in [9.17, 15) is 14.4 Å². The van der Waals surface area contributed by atoms with E-state index in [1.807, 2.05) is 36.1 Å². The lowest BCUT2D eigenvalue weighted by molar-refractivity contribution is -0.121. The molecule has 30 heavy (non-hydrogen) atoms. The molecule has 2 fully saturated rings. The van der Waals surface area contributed by atoms with Crippen molar-refractivity contribution in [3.63, 3.8) is 0 Å². The average Bonchev–Trinajstić information content (AvgIpc) is 2.77. The first-order valence-corrected chi connectivity index (χ1v) is 10.8. The summed E-state index contributed by atoms with van der Waals surface area (Å²) in [6.45, 7) is 5.10. The van der Waals surface area contributed by atoms with Crippen molar-refractivity contribution < 1.29 is 9.53 Å². The SMILES string of the molecule is Cc1cccc(NC(=O)C2CCC(CNc3c(N4CCOCC4)c(=O)c3=O)CC2)c1. The van der Waals surface area contributed by atoms with Gasteiger partial charge in [-0.3, -0.25) is 14.4 Å².